The maximum Gasteiger partial charge on any atom is 0.153 e. The van der Waals surface area contributed by atoms with E-state index in [2.05, 4.69) is 0 Å². The molecule has 1 N–H and O–H groups in total. The Kier molecular flexibility index (Phi) is 4.10. The Morgan fingerprint density at radius 1 is 1.38 bits per heavy atom. The molecule has 0 bridgehead atoms. The van der Waals surface area contributed by atoms with Crippen molar-refractivity contribution in [2.45, 2.75) is 31.6 Å². The van der Waals surface area contributed by atoms with E-state index in [0.29, 0.717) is 12.0 Å². The Bertz CT molecular complexity index is 451. The zero-order chi connectivity index (χ0) is 12.3. The van der Waals surface area contributed by atoms with Gasteiger partial charge in [0.25, 0.3) is 0 Å². The molecule has 0 aliphatic heterocycles. The molecule has 0 aromatic heterocycles. The second-order valence-electron chi connectivity index (χ2n) is 4.14. The average molecular weight is 242 g/mol. The molecule has 0 radical (unpaired) electrons. The Hall–Kier alpha value is -0.870. The van der Waals surface area contributed by atoms with Crippen LogP contribution in [0.1, 0.15) is 30.6 Å². The fourth-order valence-corrected chi connectivity index (χ4v) is 3.06. The minimum Gasteiger partial charge on any atom is -0.387 e. The highest BCUT2D eigenvalue weighted by Gasteiger charge is 2.28. The molecule has 16 heavy (non-hydrogen) atoms. The van der Waals surface area contributed by atoms with Gasteiger partial charge in [-0.3, -0.25) is 0 Å². The van der Waals surface area contributed by atoms with E-state index in [1.165, 1.54) is 6.26 Å². The van der Waals surface area contributed by atoms with Crippen LogP contribution in [0.3, 0.4) is 0 Å². The lowest BCUT2D eigenvalue weighted by molar-refractivity contribution is 0.169. The second kappa shape index (κ2) is 4.97. The third kappa shape index (κ3) is 3.06. The third-order valence-corrected chi connectivity index (χ3v) is 4.38. The number of benzene rings is 1. The third-order valence-electron chi connectivity index (χ3n) is 2.69. The van der Waals surface area contributed by atoms with E-state index < -0.39 is 21.2 Å². The lowest BCUT2D eigenvalue weighted by Crippen LogP contribution is -2.26. The van der Waals surface area contributed by atoms with Crippen molar-refractivity contribution in [3.05, 3.63) is 35.4 Å². The number of aryl methyl sites for hydroxylation is 1. The molecule has 0 aliphatic rings. The number of sulfone groups is 1. The summed E-state index contributed by atoms with van der Waals surface area (Å²) in [7, 11) is -3.23. The molecule has 0 saturated carbocycles. The minimum atomic E-state index is -3.23. The minimum absolute atomic E-state index is 0.411. The van der Waals surface area contributed by atoms with Crippen molar-refractivity contribution in [1.29, 1.82) is 0 Å². The number of hydrogen-bond acceptors (Lipinski definition) is 3. The summed E-state index contributed by atoms with van der Waals surface area (Å²) in [5.74, 6) is 0. The Labute approximate surface area is 97.0 Å². The Morgan fingerprint density at radius 2 is 2.00 bits per heavy atom. The Balaban J connectivity index is 3.05. The van der Waals surface area contributed by atoms with Crippen molar-refractivity contribution in [2.75, 3.05) is 6.26 Å². The van der Waals surface area contributed by atoms with Gasteiger partial charge in [-0.1, -0.05) is 36.8 Å². The zero-order valence-corrected chi connectivity index (χ0v) is 10.7. The monoisotopic (exact) mass is 242 g/mol. The maximum absolute atomic E-state index is 11.5. The second-order valence-corrected chi connectivity index (χ2v) is 6.40. The molecule has 0 unspecified atom stereocenters. The summed E-state index contributed by atoms with van der Waals surface area (Å²) in [6.07, 6.45) is 0.633. The van der Waals surface area contributed by atoms with E-state index in [1.54, 1.807) is 13.0 Å². The summed E-state index contributed by atoms with van der Waals surface area (Å²) in [6, 6.07) is 7.31. The van der Waals surface area contributed by atoms with Crippen molar-refractivity contribution in [1.82, 2.24) is 0 Å². The molecule has 1 aromatic carbocycles. The molecule has 3 nitrogen and oxygen atoms in total. The smallest absolute Gasteiger partial charge is 0.153 e. The summed E-state index contributed by atoms with van der Waals surface area (Å²) < 4.78 is 23.0. The van der Waals surface area contributed by atoms with Crippen LogP contribution in [0.4, 0.5) is 0 Å². The normalized spacial score (nSPS) is 15.8. The maximum atomic E-state index is 11.5. The molecule has 0 aliphatic carbocycles. The van der Waals surface area contributed by atoms with Crippen molar-refractivity contribution in [3.63, 3.8) is 0 Å². The van der Waals surface area contributed by atoms with Crippen LogP contribution < -0.4 is 0 Å². The molecule has 90 valence electrons. The van der Waals surface area contributed by atoms with Crippen LogP contribution in [0.25, 0.3) is 0 Å². The van der Waals surface area contributed by atoms with Crippen LogP contribution in [-0.2, 0) is 9.84 Å². The first kappa shape index (κ1) is 13.2. The van der Waals surface area contributed by atoms with Gasteiger partial charge in [-0.05, 0) is 18.9 Å². The van der Waals surface area contributed by atoms with Crippen molar-refractivity contribution < 1.29 is 13.5 Å². The van der Waals surface area contributed by atoms with Gasteiger partial charge in [0, 0.05) is 6.26 Å². The number of aliphatic hydroxyl groups is 1. The first-order chi connectivity index (χ1) is 7.36. The zero-order valence-electron chi connectivity index (χ0n) is 9.84. The quantitative estimate of drug-likeness (QED) is 0.876. The first-order valence-electron chi connectivity index (χ1n) is 5.29. The highest BCUT2D eigenvalue weighted by molar-refractivity contribution is 7.91. The van der Waals surface area contributed by atoms with Crippen LogP contribution in [0.15, 0.2) is 24.3 Å². The van der Waals surface area contributed by atoms with Crippen LogP contribution in [0.2, 0.25) is 0 Å². The van der Waals surface area contributed by atoms with Gasteiger partial charge in [-0.25, -0.2) is 8.42 Å². The van der Waals surface area contributed by atoms with Crippen LogP contribution in [0.5, 0.6) is 0 Å². The van der Waals surface area contributed by atoms with Gasteiger partial charge in [-0.15, -0.1) is 0 Å². The van der Waals surface area contributed by atoms with E-state index in [-0.39, 0.29) is 0 Å². The summed E-state index contributed by atoms with van der Waals surface area (Å²) >= 11 is 0. The summed E-state index contributed by atoms with van der Waals surface area (Å²) in [5.41, 5.74) is 1.68. The van der Waals surface area contributed by atoms with Gasteiger partial charge < -0.3 is 5.11 Å². The predicted molar refractivity (Wildman–Crippen MR) is 65.1 cm³/mol. The summed E-state index contributed by atoms with van der Waals surface area (Å²) in [5, 5.41) is 9.33. The molecule has 0 saturated heterocycles. The molecule has 0 heterocycles. The molecule has 4 heteroatoms. The number of rotatable bonds is 4. The summed E-state index contributed by atoms with van der Waals surface area (Å²) in [4.78, 5) is 0. The van der Waals surface area contributed by atoms with E-state index >= 15 is 0 Å². The van der Waals surface area contributed by atoms with E-state index in [1.807, 2.05) is 25.1 Å². The average Bonchev–Trinajstić information content (AvgIpc) is 2.16. The van der Waals surface area contributed by atoms with Crippen LogP contribution in [-0.4, -0.2) is 25.0 Å². The molecular formula is C12H18O3S. The molecule has 0 amide bonds. The number of aliphatic hydroxyl groups excluding tert-OH is 1. The fourth-order valence-electron chi connectivity index (χ4n) is 1.83. The fraction of sp³-hybridized carbons (Fsp3) is 0.500. The lowest BCUT2D eigenvalue weighted by Gasteiger charge is -2.20. The van der Waals surface area contributed by atoms with E-state index in [4.69, 9.17) is 0 Å². The standard InChI is InChI=1S/C12H18O3S/c1-4-11(16(3,14)15)12(13)10-7-5-6-9(2)8-10/h5-8,11-13H,4H2,1-3H3/t11-,12-/m1/s1. The Morgan fingerprint density at radius 3 is 2.44 bits per heavy atom. The van der Waals surface area contributed by atoms with Gasteiger partial charge in [-0.2, -0.15) is 0 Å². The van der Waals surface area contributed by atoms with E-state index in [0.717, 1.165) is 5.56 Å². The lowest BCUT2D eigenvalue weighted by atomic mass is 10.0. The van der Waals surface area contributed by atoms with Gasteiger partial charge in [0.1, 0.15) is 0 Å². The number of hydrogen-bond donors (Lipinski definition) is 1. The highest BCUT2D eigenvalue weighted by Crippen LogP contribution is 2.24. The van der Waals surface area contributed by atoms with Crippen molar-refractivity contribution in [3.8, 4) is 0 Å². The molecule has 0 fully saturated rings. The molecule has 2 atom stereocenters. The molecule has 1 rings (SSSR count). The molecule has 0 spiro atoms. The van der Waals surface area contributed by atoms with Crippen LogP contribution >= 0.6 is 0 Å². The SMILES string of the molecule is CC[C@H]([C@H](O)c1cccc(C)c1)S(C)(=O)=O. The topological polar surface area (TPSA) is 54.4 Å². The molecule has 1 aromatic rings. The van der Waals surface area contributed by atoms with E-state index in [9.17, 15) is 13.5 Å². The van der Waals surface area contributed by atoms with Crippen molar-refractivity contribution >= 4 is 9.84 Å². The molecular weight excluding hydrogens is 224 g/mol. The van der Waals surface area contributed by atoms with Gasteiger partial charge >= 0.3 is 0 Å². The van der Waals surface area contributed by atoms with Gasteiger partial charge in [0.05, 0.1) is 11.4 Å². The predicted octanol–water partition coefficient (Wildman–Crippen LogP) is 1.85. The highest BCUT2D eigenvalue weighted by atomic mass is 32.2. The van der Waals surface area contributed by atoms with Gasteiger partial charge in [0.2, 0.25) is 0 Å². The van der Waals surface area contributed by atoms with Crippen molar-refractivity contribution in [2.24, 2.45) is 0 Å². The largest absolute Gasteiger partial charge is 0.387 e. The summed E-state index contributed by atoms with van der Waals surface area (Å²) in [6.45, 7) is 3.68. The van der Waals surface area contributed by atoms with Crippen LogP contribution in [0, 0.1) is 6.92 Å². The first-order valence-corrected chi connectivity index (χ1v) is 7.25. The van der Waals surface area contributed by atoms with Gasteiger partial charge in [0.15, 0.2) is 9.84 Å².